The third-order valence-electron chi connectivity index (χ3n) is 5.03. The first-order valence-electron chi connectivity index (χ1n) is 7.68. The molecule has 0 aliphatic carbocycles. The van der Waals surface area contributed by atoms with E-state index in [2.05, 4.69) is 17.1 Å². The summed E-state index contributed by atoms with van der Waals surface area (Å²) in [6.45, 7) is 7.56. The molecule has 0 bridgehead atoms. The first kappa shape index (κ1) is 14.8. The van der Waals surface area contributed by atoms with Gasteiger partial charge in [0, 0.05) is 18.6 Å². The number of hydrogen-bond donors (Lipinski definition) is 1. The molecule has 0 spiro atoms. The fourth-order valence-corrected chi connectivity index (χ4v) is 3.55. The van der Waals surface area contributed by atoms with Crippen LogP contribution >= 0.6 is 0 Å². The number of nitrogens with one attached hydrogen (secondary N) is 1. The molecule has 0 aromatic carbocycles. The van der Waals surface area contributed by atoms with Gasteiger partial charge in [-0.2, -0.15) is 0 Å². The quantitative estimate of drug-likeness (QED) is 0.787. The van der Waals surface area contributed by atoms with Crippen LogP contribution in [-0.4, -0.2) is 49.7 Å². The summed E-state index contributed by atoms with van der Waals surface area (Å²) >= 11 is 0. The lowest BCUT2D eigenvalue weighted by atomic mass is 9.88. The van der Waals surface area contributed by atoms with Gasteiger partial charge in [-0.3, -0.25) is 9.69 Å². The molecule has 4 atom stereocenters. The number of likely N-dealkylation sites (tertiary alicyclic amines) is 1. The SMILES string of the molecule is COC(=O)C(C)C(C)N1CCCC(C2CCCN2)C1. The largest absolute Gasteiger partial charge is 0.469 e. The number of esters is 1. The van der Waals surface area contributed by atoms with E-state index in [1.165, 1.54) is 39.3 Å². The molecule has 0 saturated carbocycles. The second-order valence-corrected chi connectivity index (χ2v) is 6.15. The number of ether oxygens (including phenoxy) is 1. The molecule has 110 valence electrons. The zero-order chi connectivity index (χ0) is 13.8. The Morgan fingerprint density at radius 1 is 1.32 bits per heavy atom. The highest BCUT2D eigenvalue weighted by Crippen LogP contribution is 2.27. The number of methoxy groups -OCH3 is 1. The van der Waals surface area contributed by atoms with Crippen LogP contribution in [0.3, 0.4) is 0 Å². The summed E-state index contributed by atoms with van der Waals surface area (Å²) in [5.74, 6) is 0.623. The summed E-state index contributed by atoms with van der Waals surface area (Å²) in [6, 6.07) is 0.972. The number of carbonyl (C=O) groups is 1. The van der Waals surface area contributed by atoms with Crippen LogP contribution in [0.5, 0.6) is 0 Å². The fourth-order valence-electron chi connectivity index (χ4n) is 3.55. The van der Waals surface area contributed by atoms with Crippen LogP contribution < -0.4 is 5.32 Å². The summed E-state index contributed by atoms with van der Waals surface area (Å²) in [5, 5.41) is 3.63. The van der Waals surface area contributed by atoms with Gasteiger partial charge >= 0.3 is 5.97 Å². The molecule has 1 N–H and O–H groups in total. The smallest absolute Gasteiger partial charge is 0.309 e. The molecule has 2 heterocycles. The van der Waals surface area contributed by atoms with E-state index in [-0.39, 0.29) is 17.9 Å². The lowest BCUT2D eigenvalue weighted by Crippen LogP contribution is -2.49. The van der Waals surface area contributed by atoms with Crippen molar-refractivity contribution in [1.82, 2.24) is 10.2 Å². The van der Waals surface area contributed by atoms with Crippen molar-refractivity contribution in [2.45, 2.75) is 51.6 Å². The molecule has 0 aromatic heterocycles. The van der Waals surface area contributed by atoms with E-state index in [1.807, 2.05) is 6.92 Å². The van der Waals surface area contributed by atoms with E-state index < -0.39 is 0 Å². The highest BCUT2D eigenvalue weighted by atomic mass is 16.5. The van der Waals surface area contributed by atoms with Gasteiger partial charge < -0.3 is 10.1 Å². The Morgan fingerprint density at radius 2 is 2.11 bits per heavy atom. The van der Waals surface area contributed by atoms with Gasteiger partial charge in [0.2, 0.25) is 0 Å². The van der Waals surface area contributed by atoms with Crippen molar-refractivity contribution < 1.29 is 9.53 Å². The van der Waals surface area contributed by atoms with Gasteiger partial charge in [0.25, 0.3) is 0 Å². The zero-order valence-electron chi connectivity index (χ0n) is 12.5. The summed E-state index contributed by atoms with van der Waals surface area (Å²) in [6.07, 6.45) is 5.21. The van der Waals surface area contributed by atoms with Crippen LogP contribution in [0.4, 0.5) is 0 Å². The minimum absolute atomic E-state index is 0.0414. The van der Waals surface area contributed by atoms with Crippen LogP contribution in [0.1, 0.15) is 39.5 Å². The monoisotopic (exact) mass is 268 g/mol. The Bertz CT molecular complexity index is 303. The van der Waals surface area contributed by atoms with Crippen molar-refractivity contribution in [2.24, 2.45) is 11.8 Å². The van der Waals surface area contributed by atoms with Crippen LogP contribution in [0.2, 0.25) is 0 Å². The number of rotatable bonds is 4. The average molecular weight is 268 g/mol. The molecule has 0 aromatic rings. The molecule has 4 heteroatoms. The summed E-state index contributed by atoms with van der Waals surface area (Å²) in [7, 11) is 1.48. The van der Waals surface area contributed by atoms with Crippen molar-refractivity contribution in [1.29, 1.82) is 0 Å². The standard InChI is InChI=1S/C15H28N2O2/c1-11(15(18)19-3)12(2)17-9-5-6-13(10-17)14-7-4-8-16-14/h11-14,16H,4-10H2,1-3H3. The zero-order valence-corrected chi connectivity index (χ0v) is 12.5. The molecular weight excluding hydrogens is 240 g/mol. The number of nitrogens with zero attached hydrogens (tertiary/aromatic N) is 1. The Labute approximate surface area is 116 Å². The molecule has 2 aliphatic heterocycles. The van der Waals surface area contributed by atoms with Gasteiger partial charge in [-0.15, -0.1) is 0 Å². The molecule has 2 aliphatic rings. The van der Waals surface area contributed by atoms with Gasteiger partial charge in [-0.25, -0.2) is 0 Å². The van der Waals surface area contributed by atoms with Crippen molar-refractivity contribution in [3.8, 4) is 0 Å². The van der Waals surface area contributed by atoms with E-state index >= 15 is 0 Å². The number of hydrogen-bond acceptors (Lipinski definition) is 4. The highest BCUT2D eigenvalue weighted by Gasteiger charge is 2.33. The predicted molar refractivity (Wildman–Crippen MR) is 76.0 cm³/mol. The molecule has 4 unspecified atom stereocenters. The van der Waals surface area contributed by atoms with Crippen molar-refractivity contribution >= 4 is 5.97 Å². The lowest BCUT2D eigenvalue weighted by molar-refractivity contribution is -0.147. The van der Waals surface area contributed by atoms with Gasteiger partial charge in [0.1, 0.15) is 0 Å². The van der Waals surface area contributed by atoms with Crippen LogP contribution in [0.25, 0.3) is 0 Å². The minimum atomic E-state index is -0.0892. The molecule has 4 nitrogen and oxygen atoms in total. The molecular formula is C15H28N2O2. The van der Waals surface area contributed by atoms with Crippen molar-refractivity contribution in [3.63, 3.8) is 0 Å². The second-order valence-electron chi connectivity index (χ2n) is 6.15. The van der Waals surface area contributed by atoms with E-state index in [0.29, 0.717) is 6.04 Å². The van der Waals surface area contributed by atoms with Gasteiger partial charge in [-0.05, 0) is 51.6 Å². The van der Waals surface area contributed by atoms with Gasteiger partial charge in [-0.1, -0.05) is 6.92 Å². The van der Waals surface area contributed by atoms with E-state index in [1.54, 1.807) is 0 Å². The van der Waals surface area contributed by atoms with Crippen molar-refractivity contribution in [3.05, 3.63) is 0 Å². The van der Waals surface area contributed by atoms with Gasteiger partial charge in [0.15, 0.2) is 0 Å². The lowest BCUT2D eigenvalue weighted by Gasteiger charge is -2.40. The molecule has 0 radical (unpaired) electrons. The molecule has 2 rings (SSSR count). The Balaban J connectivity index is 1.90. The third-order valence-corrected chi connectivity index (χ3v) is 5.03. The summed E-state index contributed by atoms with van der Waals surface area (Å²) in [5.41, 5.74) is 0. The Hall–Kier alpha value is -0.610. The third kappa shape index (κ3) is 3.48. The number of piperidine rings is 1. The first-order valence-corrected chi connectivity index (χ1v) is 7.68. The maximum atomic E-state index is 11.7. The topological polar surface area (TPSA) is 41.6 Å². The van der Waals surface area contributed by atoms with E-state index in [4.69, 9.17) is 4.74 Å². The fraction of sp³-hybridized carbons (Fsp3) is 0.933. The molecule has 19 heavy (non-hydrogen) atoms. The second kappa shape index (κ2) is 6.71. The normalized spacial score (nSPS) is 31.9. The Kier molecular flexibility index (Phi) is 5.22. The van der Waals surface area contributed by atoms with E-state index in [9.17, 15) is 4.79 Å². The molecule has 0 amide bonds. The van der Waals surface area contributed by atoms with Crippen molar-refractivity contribution in [2.75, 3.05) is 26.7 Å². The van der Waals surface area contributed by atoms with E-state index in [0.717, 1.165) is 19.0 Å². The summed E-state index contributed by atoms with van der Waals surface area (Å²) < 4.78 is 4.87. The average Bonchev–Trinajstić information content (AvgIpc) is 2.99. The first-order chi connectivity index (χ1) is 9.13. The van der Waals surface area contributed by atoms with Crippen LogP contribution in [0, 0.1) is 11.8 Å². The maximum absolute atomic E-state index is 11.7. The highest BCUT2D eigenvalue weighted by molar-refractivity contribution is 5.72. The number of carbonyl (C=O) groups excluding carboxylic acids is 1. The molecule has 2 saturated heterocycles. The molecule has 2 fully saturated rings. The predicted octanol–water partition coefficient (Wildman–Crippen LogP) is 1.65. The van der Waals surface area contributed by atoms with Crippen LogP contribution in [-0.2, 0) is 9.53 Å². The minimum Gasteiger partial charge on any atom is -0.469 e. The maximum Gasteiger partial charge on any atom is 0.309 e. The Morgan fingerprint density at radius 3 is 2.74 bits per heavy atom. The van der Waals surface area contributed by atoms with Gasteiger partial charge in [0.05, 0.1) is 13.0 Å². The van der Waals surface area contributed by atoms with Crippen LogP contribution in [0.15, 0.2) is 0 Å². The summed E-state index contributed by atoms with van der Waals surface area (Å²) in [4.78, 5) is 14.2.